The SMILES string of the molecule is O=C(Oc1ccc2ccccc2c1)[C@H]1CC(=O)N(c2ccc(Br)cc2)C1. The van der Waals surface area contributed by atoms with Crippen molar-refractivity contribution in [3.05, 3.63) is 71.2 Å². The van der Waals surface area contributed by atoms with E-state index in [0.717, 1.165) is 20.9 Å². The highest BCUT2D eigenvalue weighted by atomic mass is 79.9. The van der Waals surface area contributed by atoms with Gasteiger partial charge in [0.1, 0.15) is 5.75 Å². The zero-order valence-corrected chi connectivity index (χ0v) is 15.5. The van der Waals surface area contributed by atoms with Crippen molar-refractivity contribution in [1.82, 2.24) is 0 Å². The fraction of sp³-hybridized carbons (Fsp3) is 0.143. The molecule has 4 rings (SSSR count). The Morgan fingerprint density at radius 3 is 2.50 bits per heavy atom. The van der Waals surface area contributed by atoms with E-state index in [9.17, 15) is 9.59 Å². The summed E-state index contributed by atoms with van der Waals surface area (Å²) in [5.74, 6) is -0.387. The second kappa shape index (κ2) is 6.92. The first-order valence-electron chi connectivity index (χ1n) is 8.36. The molecule has 1 atom stereocenters. The maximum absolute atomic E-state index is 12.5. The highest BCUT2D eigenvalue weighted by Gasteiger charge is 2.36. The van der Waals surface area contributed by atoms with Gasteiger partial charge in [-0.05, 0) is 47.2 Å². The molecular formula is C21H16BrNO3. The second-order valence-electron chi connectivity index (χ2n) is 6.31. The van der Waals surface area contributed by atoms with E-state index in [4.69, 9.17) is 4.74 Å². The van der Waals surface area contributed by atoms with Gasteiger partial charge < -0.3 is 9.64 Å². The Hall–Kier alpha value is -2.66. The van der Waals surface area contributed by atoms with Crippen LogP contribution in [0.15, 0.2) is 71.2 Å². The number of hydrogen-bond acceptors (Lipinski definition) is 3. The maximum atomic E-state index is 12.5. The monoisotopic (exact) mass is 409 g/mol. The van der Waals surface area contributed by atoms with Crippen LogP contribution < -0.4 is 9.64 Å². The van der Waals surface area contributed by atoms with E-state index in [1.807, 2.05) is 60.7 Å². The van der Waals surface area contributed by atoms with Crippen LogP contribution in [0.3, 0.4) is 0 Å². The lowest BCUT2D eigenvalue weighted by Gasteiger charge is -2.16. The van der Waals surface area contributed by atoms with Crippen LogP contribution >= 0.6 is 15.9 Å². The molecule has 0 saturated carbocycles. The first-order chi connectivity index (χ1) is 12.6. The highest BCUT2D eigenvalue weighted by molar-refractivity contribution is 9.10. The van der Waals surface area contributed by atoms with E-state index >= 15 is 0 Å². The van der Waals surface area contributed by atoms with Crippen molar-refractivity contribution in [3.63, 3.8) is 0 Å². The third-order valence-corrected chi connectivity index (χ3v) is 5.06. The fourth-order valence-electron chi connectivity index (χ4n) is 3.17. The number of amides is 1. The van der Waals surface area contributed by atoms with Crippen LogP contribution in [0.1, 0.15) is 6.42 Å². The third kappa shape index (κ3) is 3.35. The van der Waals surface area contributed by atoms with Crippen molar-refractivity contribution < 1.29 is 14.3 Å². The standard InChI is InChI=1S/C21H16BrNO3/c22-17-6-8-18(9-7-17)23-13-16(12-20(23)24)21(25)26-19-10-5-14-3-1-2-4-15(14)11-19/h1-11,16H,12-13H2/t16-/m0/s1. The largest absolute Gasteiger partial charge is 0.426 e. The first-order valence-corrected chi connectivity index (χ1v) is 9.16. The lowest BCUT2D eigenvalue weighted by atomic mass is 10.1. The Morgan fingerprint density at radius 2 is 1.73 bits per heavy atom. The van der Waals surface area contributed by atoms with Gasteiger partial charge in [0.25, 0.3) is 0 Å². The number of esters is 1. The van der Waals surface area contributed by atoms with E-state index in [1.54, 1.807) is 11.0 Å². The summed E-state index contributed by atoms with van der Waals surface area (Å²) in [6.07, 6.45) is 0.169. The number of ether oxygens (including phenoxy) is 1. The predicted octanol–water partition coefficient (Wildman–Crippen LogP) is 4.56. The molecule has 0 spiro atoms. The van der Waals surface area contributed by atoms with Crippen molar-refractivity contribution in [2.24, 2.45) is 5.92 Å². The van der Waals surface area contributed by atoms with E-state index in [2.05, 4.69) is 15.9 Å². The molecular weight excluding hydrogens is 394 g/mol. The maximum Gasteiger partial charge on any atom is 0.316 e. The highest BCUT2D eigenvalue weighted by Crippen LogP contribution is 2.28. The van der Waals surface area contributed by atoms with Crippen LogP contribution in [0.5, 0.6) is 5.75 Å². The number of anilines is 1. The molecule has 0 N–H and O–H groups in total. The minimum atomic E-state index is -0.461. The molecule has 5 heteroatoms. The Kier molecular flexibility index (Phi) is 4.47. The van der Waals surface area contributed by atoms with Crippen LogP contribution in [-0.2, 0) is 9.59 Å². The lowest BCUT2D eigenvalue weighted by Crippen LogP contribution is -2.27. The molecule has 1 aliphatic heterocycles. The molecule has 0 aromatic heterocycles. The number of carbonyl (C=O) groups excluding carboxylic acids is 2. The Labute approximate surface area is 159 Å². The van der Waals surface area contributed by atoms with Crippen molar-refractivity contribution in [3.8, 4) is 5.75 Å². The van der Waals surface area contributed by atoms with E-state index < -0.39 is 5.92 Å². The molecule has 1 heterocycles. The van der Waals surface area contributed by atoms with Crippen LogP contribution in [-0.4, -0.2) is 18.4 Å². The molecule has 0 aliphatic carbocycles. The van der Waals surface area contributed by atoms with Gasteiger partial charge in [-0.15, -0.1) is 0 Å². The zero-order chi connectivity index (χ0) is 18.1. The Morgan fingerprint density at radius 1 is 1.00 bits per heavy atom. The molecule has 1 amide bonds. The van der Waals surface area contributed by atoms with Crippen LogP contribution in [0.4, 0.5) is 5.69 Å². The number of rotatable bonds is 3. The molecule has 4 nitrogen and oxygen atoms in total. The summed E-state index contributed by atoms with van der Waals surface area (Å²) >= 11 is 3.38. The van der Waals surface area contributed by atoms with Gasteiger partial charge in [0.15, 0.2) is 0 Å². The van der Waals surface area contributed by atoms with Gasteiger partial charge in [0.2, 0.25) is 5.91 Å². The Bertz CT molecular complexity index is 984. The van der Waals surface area contributed by atoms with Gasteiger partial charge >= 0.3 is 5.97 Å². The number of hydrogen-bond donors (Lipinski definition) is 0. The number of nitrogens with zero attached hydrogens (tertiary/aromatic N) is 1. The lowest BCUT2D eigenvalue weighted by molar-refractivity contribution is -0.139. The summed E-state index contributed by atoms with van der Waals surface area (Å²) in [7, 11) is 0. The van der Waals surface area contributed by atoms with E-state index in [0.29, 0.717) is 12.3 Å². The van der Waals surface area contributed by atoms with Crippen LogP contribution in [0.2, 0.25) is 0 Å². The molecule has 26 heavy (non-hydrogen) atoms. The van der Waals surface area contributed by atoms with Gasteiger partial charge in [0, 0.05) is 23.1 Å². The summed E-state index contributed by atoms with van der Waals surface area (Å²) < 4.78 is 6.48. The smallest absolute Gasteiger partial charge is 0.316 e. The molecule has 1 fully saturated rings. The van der Waals surface area contributed by atoms with Crippen molar-refractivity contribution >= 4 is 44.3 Å². The van der Waals surface area contributed by atoms with Gasteiger partial charge in [0.05, 0.1) is 5.92 Å². The van der Waals surface area contributed by atoms with Crippen LogP contribution in [0, 0.1) is 5.92 Å². The summed E-state index contributed by atoms with van der Waals surface area (Å²) in [4.78, 5) is 26.5. The molecule has 3 aromatic carbocycles. The molecule has 1 aliphatic rings. The third-order valence-electron chi connectivity index (χ3n) is 4.54. The van der Waals surface area contributed by atoms with Gasteiger partial charge in [-0.3, -0.25) is 9.59 Å². The minimum Gasteiger partial charge on any atom is -0.426 e. The Balaban J connectivity index is 1.48. The normalized spacial score (nSPS) is 16.9. The quantitative estimate of drug-likeness (QED) is 0.470. The van der Waals surface area contributed by atoms with Crippen molar-refractivity contribution in [1.29, 1.82) is 0 Å². The van der Waals surface area contributed by atoms with Crippen molar-refractivity contribution in [2.45, 2.75) is 6.42 Å². The first kappa shape index (κ1) is 16.8. The predicted molar refractivity (Wildman–Crippen MR) is 104 cm³/mol. The number of benzene rings is 3. The summed E-state index contributed by atoms with van der Waals surface area (Å²) in [6.45, 7) is 0.340. The fourth-order valence-corrected chi connectivity index (χ4v) is 3.43. The van der Waals surface area contributed by atoms with Crippen LogP contribution in [0.25, 0.3) is 10.8 Å². The van der Waals surface area contributed by atoms with Gasteiger partial charge in [-0.2, -0.15) is 0 Å². The molecule has 0 bridgehead atoms. The molecule has 130 valence electrons. The summed E-state index contributed by atoms with van der Waals surface area (Å²) in [6, 6.07) is 20.9. The zero-order valence-electron chi connectivity index (χ0n) is 13.9. The van der Waals surface area contributed by atoms with Crippen molar-refractivity contribution in [2.75, 3.05) is 11.4 Å². The van der Waals surface area contributed by atoms with E-state index in [-0.39, 0.29) is 18.3 Å². The topological polar surface area (TPSA) is 46.6 Å². The van der Waals surface area contributed by atoms with Gasteiger partial charge in [-0.25, -0.2) is 0 Å². The number of halogens is 1. The average Bonchev–Trinajstić information content (AvgIpc) is 3.04. The number of carbonyl (C=O) groups is 2. The minimum absolute atomic E-state index is 0.0622. The summed E-state index contributed by atoms with van der Waals surface area (Å²) in [5.41, 5.74) is 0.791. The number of fused-ring (bicyclic) bond motifs is 1. The van der Waals surface area contributed by atoms with Gasteiger partial charge in [-0.1, -0.05) is 46.3 Å². The average molecular weight is 410 g/mol. The molecule has 0 unspecified atom stereocenters. The summed E-state index contributed by atoms with van der Waals surface area (Å²) in [5, 5.41) is 2.10. The molecule has 1 saturated heterocycles. The second-order valence-corrected chi connectivity index (χ2v) is 7.23. The molecule has 3 aromatic rings. The van der Waals surface area contributed by atoms with E-state index in [1.165, 1.54) is 0 Å². The molecule has 0 radical (unpaired) electrons.